The minimum atomic E-state index is -0.182. The Balaban J connectivity index is 2.14. The molecule has 0 aromatic heterocycles. The second-order valence-corrected chi connectivity index (χ2v) is 5.73. The predicted molar refractivity (Wildman–Crippen MR) is 91.4 cm³/mol. The summed E-state index contributed by atoms with van der Waals surface area (Å²) < 4.78 is 20.9. The summed E-state index contributed by atoms with van der Waals surface area (Å²) in [6.45, 7) is 3.17. The van der Waals surface area contributed by atoms with Crippen LogP contribution in [0.3, 0.4) is 0 Å². The lowest BCUT2D eigenvalue weighted by Gasteiger charge is -2.31. The highest BCUT2D eigenvalue weighted by molar-refractivity contribution is 5.98. The van der Waals surface area contributed by atoms with Gasteiger partial charge in [-0.3, -0.25) is 9.59 Å². The van der Waals surface area contributed by atoms with Crippen molar-refractivity contribution in [3.8, 4) is 17.2 Å². The summed E-state index contributed by atoms with van der Waals surface area (Å²) in [5.74, 6) is 0.912. The van der Waals surface area contributed by atoms with Gasteiger partial charge in [0.05, 0.1) is 39.4 Å². The van der Waals surface area contributed by atoms with Gasteiger partial charge >= 0.3 is 5.97 Å². The van der Waals surface area contributed by atoms with Crippen molar-refractivity contribution in [2.75, 3.05) is 41.0 Å². The molecule has 1 aliphatic rings. The molecule has 1 saturated heterocycles. The number of piperidine rings is 1. The van der Waals surface area contributed by atoms with Crippen LogP contribution in [0.1, 0.15) is 30.1 Å². The number of likely N-dealkylation sites (tertiary alicyclic amines) is 1. The van der Waals surface area contributed by atoms with Crippen LogP contribution in [0.5, 0.6) is 17.2 Å². The summed E-state index contributed by atoms with van der Waals surface area (Å²) >= 11 is 0. The van der Waals surface area contributed by atoms with Crippen LogP contribution in [0.2, 0.25) is 0 Å². The van der Waals surface area contributed by atoms with Crippen LogP contribution in [0, 0.1) is 5.92 Å². The van der Waals surface area contributed by atoms with E-state index in [9.17, 15) is 9.59 Å². The Hall–Kier alpha value is -2.44. The zero-order chi connectivity index (χ0) is 18.4. The highest BCUT2D eigenvalue weighted by atomic mass is 16.5. The maximum Gasteiger partial charge on any atom is 0.309 e. The van der Waals surface area contributed by atoms with E-state index in [4.69, 9.17) is 18.9 Å². The van der Waals surface area contributed by atoms with Crippen LogP contribution < -0.4 is 14.2 Å². The third-order valence-corrected chi connectivity index (χ3v) is 4.34. The van der Waals surface area contributed by atoms with Gasteiger partial charge in [-0.1, -0.05) is 0 Å². The highest BCUT2D eigenvalue weighted by Gasteiger charge is 2.30. The van der Waals surface area contributed by atoms with Crippen molar-refractivity contribution in [3.63, 3.8) is 0 Å². The van der Waals surface area contributed by atoms with Crippen molar-refractivity contribution in [1.29, 1.82) is 0 Å². The second-order valence-electron chi connectivity index (χ2n) is 5.73. The Morgan fingerprint density at radius 1 is 1.00 bits per heavy atom. The number of hydrogen-bond acceptors (Lipinski definition) is 6. The Labute approximate surface area is 147 Å². The van der Waals surface area contributed by atoms with Gasteiger partial charge in [0.1, 0.15) is 5.75 Å². The number of esters is 1. The SMILES string of the molecule is CCOC(=O)C1CCN(C(=O)c2cc(OC)c(OC)cc2OC)CC1. The van der Waals surface area contributed by atoms with Gasteiger partial charge in [0.2, 0.25) is 0 Å². The predicted octanol–water partition coefficient (Wildman–Crippen LogP) is 2.13. The zero-order valence-corrected chi connectivity index (χ0v) is 15.2. The molecule has 1 aliphatic heterocycles. The fourth-order valence-electron chi connectivity index (χ4n) is 2.95. The van der Waals surface area contributed by atoms with Gasteiger partial charge in [0.15, 0.2) is 11.5 Å². The van der Waals surface area contributed by atoms with Gasteiger partial charge in [0.25, 0.3) is 5.91 Å². The van der Waals surface area contributed by atoms with Crippen molar-refractivity contribution in [3.05, 3.63) is 17.7 Å². The fourth-order valence-corrected chi connectivity index (χ4v) is 2.95. The first-order chi connectivity index (χ1) is 12.0. The quantitative estimate of drug-likeness (QED) is 0.731. The second kappa shape index (κ2) is 8.60. The van der Waals surface area contributed by atoms with E-state index in [-0.39, 0.29) is 17.8 Å². The molecule has 1 fully saturated rings. The smallest absolute Gasteiger partial charge is 0.309 e. The van der Waals surface area contributed by atoms with E-state index in [2.05, 4.69) is 0 Å². The summed E-state index contributed by atoms with van der Waals surface area (Å²) in [4.78, 5) is 26.4. The first-order valence-electron chi connectivity index (χ1n) is 8.31. The van der Waals surface area contributed by atoms with Gasteiger partial charge in [-0.25, -0.2) is 0 Å². The van der Waals surface area contributed by atoms with Gasteiger partial charge in [-0.05, 0) is 19.8 Å². The molecule has 7 nitrogen and oxygen atoms in total. The lowest BCUT2D eigenvalue weighted by atomic mass is 9.96. The third kappa shape index (κ3) is 4.15. The molecule has 0 unspecified atom stereocenters. The molecular formula is C18H25NO6. The van der Waals surface area contributed by atoms with E-state index in [0.717, 1.165) is 0 Å². The number of carbonyl (C=O) groups excluding carboxylic acids is 2. The van der Waals surface area contributed by atoms with E-state index in [0.29, 0.717) is 55.4 Å². The van der Waals surface area contributed by atoms with Gasteiger partial charge in [0, 0.05) is 25.2 Å². The molecule has 1 heterocycles. The van der Waals surface area contributed by atoms with E-state index in [1.807, 2.05) is 0 Å². The first-order valence-corrected chi connectivity index (χ1v) is 8.31. The maximum atomic E-state index is 12.9. The Kier molecular flexibility index (Phi) is 6.50. The van der Waals surface area contributed by atoms with Crippen LogP contribution in [0.25, 0.3) is 0 Å². The van der Waals surface area contributed by atoms with E-state index in [1.54, 1.807) is 24.0 Å². The highest BCUT2D eigenvalue weighted by Crippen LogP contribution is 2.35. The van der Waals surface area contributed by atoms with E-state index >= 15 is 0 Å². The molecule has 138 valence electrons. The number of ether oxygens (including phenoxy) is 4. The topological polar surface area (TPSA) is 74.3 Å². The van der Waals surface area contributed by atoms with Gasteiger partial charge < -0.3 is 23.8 Å². The molecule has 1 aromatic carbocycles. The average molecular weight is 351 g/mol. The molecule has 0 spiro atoms. The average Bonchev–Trinajstić information content (AvgIpc) is 2.66. The first kappa shape index (κ1) is 18.9. The number of methoxy groups -OCH3 is 3. The molecule has 0 saturated carbocycles. The van der Waals surface area contributed by atoms with Crippen LogP contribution in [-0.4, -0.2) is 57.8 Å². The zero-order valence-electron chi connectivity index (χ0n) is 15.2. The van der Waals surface area contributed by atoms with E-state index in [1.165, 1.54) is 21.3 Å². The minimum Gasteiger partial charge on any atom is -0.496 e. The number of nitrogens with zero attached hydrogens (tertiary/aromatic N) is 1. The molecule has 1 amide bonds. The monoisotopic (exact) mass is 351 g/mol. The van der Waals surface area contributed by atoms with Crippen molar-refractivity contribution >= 4 is 11.9 Å². The Bertz CT molecular complexity index is 622. The lowest BCUT2D eigenvalue weighted by molar-refractivity contribution is -0.149. The van der Waals surface area contributed by atoms with Crippen LogP contribution >= 0.6 is 0 Å². The summed E-state index contributed by atoms with van der Waals surface area (Å²) in [7, 11) is 4.55. The summed E-state index contributed by atoms with van der Waals surface area (Å²) in [6, 6.07) is 3.26. The van der Waals surface area contributed by atoms with Crippen LogP contribution in [-0.2, 0) is 9.53 Å². The van der Waals surface area contributed by atoms with Crippen molar-refractivity contribution < 1.29 is 28.5 Å². The maximum absolute atomic E-state index is 12.9. The third-order valence-electron chi connectivity index (χ3n) is 4.34. The molecule has 2 rings (SSSR count). The lowest BCUT2D eigenvalue weighted by Crippen LogP contribution is -2.40. The van der Waals surface area contributed by atoms with Crippen LogP contribution in [0.15, 0.2) is 12.1 Å². The van der Waals surface area contributed by atoms with E-state index < -0.39 is 0 Å². The summed E-state index contributed by atoms with van der Waals surface area (Å²) in [5.41, 5.74) is 0.412. The number of rotatable bonds is 6. The Morgan fingerprint density at radius 2 is 1.56 bits per heavy atom. The number of hydrogen-bond donors (Lipinski definition) is 0. The van der Waals surface area contributed by atoms with Crippen molar-refractivity contribution in [2.45, 2.75) is 19.8 Å². The van der Waals surface area contributed by atoms with Gasteiger partial charge in [-0.2, -0.15) is 0 Å². The summed E-state index contributed by atoms with van der Waals surface area (Å²) in [6.07, 6.45) is 1.19. The molecule has 7 heteroatoms. The molecule has 0 bridgehead atoms. The molecule has 25 heavy (non-hydrogen) atoms. The molecule has 0 N–H and O–H groups in total. The molecule has 1 aromatic rings. The van der Waals surface area contributed by atoms with Crippen molar-refractivity contribution in [2.24, 2.45) is 5.92 Å². The molecule has 0 radical (unpaired) electrons. The largest absolute Gasteiger partial charge is 0.496 e. The summed E-state index contributed by atoms with van der Waals surface area (Å²) in [5, 5.41) is 0. The van der Waals surface area contributed by atoms with Crippen LogP contribution in [0.4, 0.5) is 0 Å². The van der Waals surface area contributed by atoms with Gasteiger partial charge in [-0.15, -0.1) is 0 Å². The fraction of sp³-hybridized carbons (Fsp3) is 0.556. The number of carbonyl (C=O) groups is 2. The molecule has 0 aliphatic carbocycles. The number of benzene rings is 1. The normalized spacial score (nSPS) is 14.8. The molecule has 0 atom stereocenters. The standard InChI is InChI=1S/C18H25NO6/c1-5-25-18(21)12-6-8-19(9-7-12)17(20)13-10-15(23-3)16(24-4)11-14(13)22-2/h10-12H,5-9H2,1-4H3. The Morgan fingerprint density at radius 3 is 2.08 bits per heavy atom. The molecular weight excluding hydrogens is 326 g/mol. The minimum absolute atomic E-state index is 0.142. The number of amides is 1. The van der Waals surface area contributed by atoms with Crippen molar-refractivity contribution in [1.82, 2.24) is 4.90 Å².